The lowest BCUT2D eigenvalue weighted by Gasteiger charge is -2.59. The number of hydrogen-bond acceptors (Lipinski definition) is 9. The number of unbranched alkanes of at least 4 members (excludes halogenated alkanes) is 19. The van der Waals surface area contributed by atoms with E-state index in [1.165, 1.54) is 89.9 Å². The Labute approximate surface area is 399 Å². The lowest BCUT2D eigenvalue weighted by atomic mass is 9.55. The number of benzene rings is 1. The minimum absolute atomic E-state index is 0.0448. The van der Waals surface area contributed by atoms with Gasteiger partial charge >= 0.3 is 6.09 Å². The topological polar surface area (TPSA) is 139 Å². The summed E-state index contributed by atoms with van der Waals surface area (Å²) in [4.78, 5) is 35.3. The van der Waals surface area contributed by atoms with Crippen molar-refractivity contribution in [1.82, 2.24) is 10.2 Å². The van der Waals surface area contributed by atoms with Gasteiger partial charge in [-0.1, -0.05) is 153 Å². The normalized spacial score (nSPS) is 22.5. The summed E-state index contributed by atoms with van der Waals surface area (Å²) in [5.74, 6) is -0.592. The molecule has 3 aliphatic rings. The van der Waals surface area contributed by atoms with Gasteiger partial charge in [0.2, 0.25) is 11.7 Å². The maximum atomic E-state index is 14.3. The average Bonchev–Trinajstić information content (AvgIpc) is 3.32. The van der Waals surface area contributed by atoms with E-state index in [1.807, 2.05) is 31.0 Å². The molecule has 3 N–H and O–H groups in total. The van der Waals surface area contributed by atoms with E-state index in [4.69, 9.17) is 24.2 Å². The number of likely N-dealkylation sites (N-methyl/N-ethyl adjacent to an activating group) is 1. The first-order valence-electron chi connectivity index (χ1n) is 26.7. The second kappa shape index (κ2) is 31.6. The number of carbonyl (C=O) groups is 2. The molecule has 1 aromatic rings. The average molecular weight is 922 g/mol. The van der Waals surface area contributed by atoms with Crippen LogP contribution in [0.2, 0.25) is 0 Å². The second-order valence-electron chi connectivity index (χ2n) is 19.3. The third-order valence-corrected chi connectivity index (χ3v) is 14.3. The Morgan fingerprint density at radius 1 is 0.833 bits per heavy atom. The van der Waals surface area contributed by atoms with Gasteiger partial charge < -0.3 is 39.5 Å². The molecule has 6 atom stereocenters. The Kier molecular flexibility index (Phi) is 26.4. The van der Waals surface area contributed by atoms with Gasteiger partial charge in [0.15, 0.2) is 0 Å². The molecule has 2 amide bonds. The number of aliphatic hydroxyl groups is 2. The molecule has 0 bridgehead atoms. The molecule has 6 unspecified atom stereocenters. The van der Waals surface area contributed by atoms with Crippen molar-refractivity contribution >= 4 is 17.7 Å². The number of amides is 2. The molecule has 1 aliphatic heterocycles. The molecular formula is C55H91N3O8. The number of nitrogens with one attached hydrogen (secondary N) is 1. The van der Waals surface area contributed by atoms with E-state index in [2.05, 4.69) is 31.8 Å². The van der Waals surface area contributed by atoms with Gasteiger partial charge in [-0.05, 0) is 81.1 Å². The third-order valence-electron chi connectivity index (χ3n) is 14.3. The molecule has 11 heteroatoms. The zero-order valence-electron chi connectivity index (χ0n) is 41.8. The molecule has 374 valence electrons. The van der Waals surface area contributed by atoms with Crippen molar-refractivity contribution in [3.8, 4) is 11.5 Å². The predicted octanol–water partition coefficient (Wildman–Crippen LogP) is 12.7. The van der Waals surface area contributed by atoms with Crippen molar-refractivity contribution < 1.29 is 38.9 Å². The molecule has 66 heavy (non-hydrogen) atoms. The number of carbonyl (C=O) groups excluding carboxylic acids is 2. The SMILES string of the molecule is C=CCOC12Oc3ccc(OC(=O)NCCCCCCCCCCCC)cc3C3C(CCCCO)C(CCCCO)C=C(C(=NOCC)CC1N(C)C(=O)CCCCCCCCCCC)C32. The number of ether oxygens (including phenoxy) is 3. The summed E-state index contributed by atoms with van der Waals surface area (Å²) < 4.78 is 20.3. The van der Waals surface area contributed by atoms with E-state index >= 15 is 0 Å². The molecule has 1 fully saturated rings. The van der Waals surface area contributed by atoms with Gasteiger partial charge in [-0.25, -0.2) is 4.79 Å². The maximum Gasteiger partial charge on any atom is 0.412 e. The van der Waals surface area contributed by atoms with E-state index < -0.39 is 23.8 Å². The summed E-state index contributed by atoms with van der Waals surface area (Å²) in [6, 6.07) is 5.10. The first-order valence-corrected chi connectivity index (χ1v) is 26.7. The minimum atomic E-state index is -1.30. The standard InChI is InChI=1S/C55H91N3O8/c1-6-10-12-14-16-18-20-22-24-28-36-56-54(62)65-44-34-35-49-47(41-44)52-45(32-27-30-38-60)43(31-26-29-37-59)40-46-48(57-64-9-4)42-50(55(66-49,53(46)52)63-39-8-3)58(5)51(61)33-25-23-21-19-17-15-13-11-7-2/h8,34-35,40-41,43,45,50,52-53,59-60H,3,6-7,9-33,36-39,42H2,1-2,4-5H3,(H,56,62). The predicted molar refractivity (Wildman–Crippen MR) is 267 cm³/mol. The zero-order chi connectivity index (χ0) is 47.4. The lowest BCUT2D eigenvalue weighted by molar-refractivity contribution is -0.255. The van der Waals surface area contributed by atoms with Crippen LogP contribution in [0, 0.1) is 17.8 Å². The van der Waals surface area contributed by atoms with Crippen LogP contribution in [0.15, 0.2) is 47.7 Å². The molecular weight excluding hydrogens is 831 g/mol. The van der Waals surface area contributed by atoms with E-state index in [1.54, 1.807) is 12.1 Å². The van der Waals surface area contributed by atoms with Crippen LogP contribution < -0.4 is 14.8 Å². The smallest absolute Gasteiger partial charge is 0.412 e. The first-order chi connectivity index (χ1) is 32.3. The van der Waals surface area contributed by atoms with Crippen LogP contribution in [-0.4, -0.2) is 84.7 Å². The molecule has 1 saturated carbocycles. The number of hydrogen-bond donors (Lipinski definition) is 3. The van der Waals surface area contributed by atoms with Crippen molar-refractivity contribution in [3.63, 3.8) is 0 Å². The summed E-state index contributed by atoms with van der Waals surface area (Å²) in [7, 11) is 1.88. The highest BCUT2D eigenvalue weighted by Gasteiger charge is 2.65. The van der Waals surface area contributed by atoms with Crippen LogP contribution in [0.4, 0.5) is 4.79 Å². The van der Waals surface area contributed by atoms with Crippen molar-refractivity contribution in [1.29, 1.82) is 0 Å². The molecule has 11 nitrogen and oxygen atoms in total. The van der Waals surface area contributed by atoms with Gasteiger partial charge in [0.25, 0.3) is 0 Å². The fourth-order valence-electron chi connectivity index (χ4n) is 10.8. The first kappa shape index (κ1) is 55.2. The van der Waals surface area contributed by atoms with Crippen LogP contribution in [0.1, 0.15) is 206 Å². The van der Waals surface area contributed by atoms with E-state index in [9.17, 15) is 19.8 Å². The van der Waals surface area contributed by atoms with Crippen molar-refractivity contribution in [2.24, 2.45) is 22.9 Å². The number of nitrogens with zero attached hydrogens (tertiary/aromatic N) is 2. The van der Waals surface area contributed by atoms with Gasteiger partial charge in [-0.15, -0.1) is 6.58 Å². The molecule has 0 aromatic heterocycles. The molecule has 1 aromatic carbocycles. The van der Waals surface area contributed by atoms with E-state index in [0.717, 1.165) is 74.6 Å². The van der Waals surface area contributed by atoms with Gasteiger partial charge in [0.1, 0.15) is 24.1 Å². The fraction of sp³-hybridized carbons (Fsp3) is 0.764. The number of fused-ring (bicyclic) bond motifs is 2. The summed E-state index contributed by atoms with van der Waals surface area (Å²) in [5, 5.41) is 27.6. The highest BCUT2D eigenvalue weighted by molar-refractivity contribution is 6.03. The van der Waals surface area contributed by atoms with E-state index in [0.29, 0.717) is 50.3 Å². The van der Waals surface area contributed by atoms with Gasteiger partial charge in [0.05, 0.1) is 18.2 Å². The monoisotopic (exact) mass is 922 g/mol. The number of allylic oxidation sites excluding steroid dienone is 1. The van der Waals surface area contributed by atoms with Crippen LogP contribution >= 0.6 is 0 Å². The summed E-state index contributed by atoms with van der Waals surface area (Å²) in [6.07, 6.45) is 32.0. The van der Waals surface area contributed by atoms with Gasteiger partial charge in [-0.3, -0.25) is 4.79 Å². The second-order valence-corrected chi connectivity index (χ2v) is 19.3. The maximum absolute atomic E-state index is 14.3. The largest absolute Gasteiger partial charge is 0.459 e. The highest BCUT2D eigenvalue weighted by atomic mass is 16.7. The third kappa shape index (κ3) is 16.7. The Bertz CT molecular complexity index is 1620. The van der Waals surface area contributed by atoms with Crippen LogP contribution in [0.25, 0.3) is 0 Å². The molecule has 4 rings (SSSR count). The Morgan fingerprint density at radius 3 is 2.05 bits per heavy atom. The molecule has 0 spiro atoms. The van der Waals surface area contributed by atoms with Gasteiger partial charge in [-0.2, -0.15) is 0 Å². The van der Waals surface area contributed by atoms with Gasteiger partial charge in [0, 0.05) is 51.1 Å². The summed E-state index contributed by atoms with van der Waals surface area (Å²) in [6.45, 7) is 11.8. The fourth-order valence-corrected chi connectivity index (χ4v) is 10.8. The van der Waals surface area contributed by atoms with Crippen LogP contribution in [0.3, 0.4) is 0 Å². The summed E-state index contributed by atoms with van der Waals surface area (Å²) >= 11 is 0. The number of aliphatic hydroxyl groups excluding tert-OH is 2. The molecule has 0 radical (unpaired) electrons. The molecule has 2 aliphatic carbocycles. The van der Waals surface area contributed by atoms with Crippen LogP contribution in [-0.2, 0) is 14.4 Å². The highest BCUT2D eigenvalue weighted by Crippen LogP contribution is 2.62. The molecule has 1 heterocycles. The quantitative estimate of drug-likeness (QED) is 0.0343. The zero-order valence-corrected chi connectivity index (χ0v) is 41.8. The van der Waals surface area contributed by atoms with Crippen molar-refractivity contribution in [2.75, 3.05) is 40.0 Å². The molecule has 0 saturated heterocycles. The minimum Gasteiger partial charge on any atom is -0.459 e. The Hall–Kier alpha value is -3.41. The number of oxime groups is 1. The van der Waals surface area contributed by atoms with Crippen LogP contribution in [0.5, 0.6) is 11.5 Å². The summed E-state index contributed by atoms with van der Waals surface area (Å²) in [5.41, 5.74) is 2.70. The lowest BCUT2D eigenvalue weighted by Crippen LogP contribution is -2.69. The number of rotatable bonds is 36. The Morgan fingerprint density at radius 2 is 1.44 bits per heavy atom. The van der Waals surface area contributed by atoms with Crippen molar-refractivity contribution in [3.05, 3.63) is 48.1 Å². The Balaban J connectivity index is 1.66. The van der Waals surface area contributed by atoms with Crippen molar-refractivity contribution in [2.45, 2.75) is 212 Å². The van der Waals surface area contributed by atoms with E-state index in [-0.39, 0.29) is 43.5 Å².